The van der Waals surface area contributed by atoms with Gasteiger partial charge in [-0.3, -0.25) is 10.1 Å². The van der Waals surface area contributed by atoms with Gasteiger partial charge in [0.2, 0.25) is 0 Å². The number of ether oxygens (including phenoxy) is 1. The van der Waals surface area contributed by atoms with E-state index >= 15 is 0 Å². The van der Waals surface area contributed by atoms with Crippen LogP contribution in [0.4, 0.5) is 5.13 Å². The Labute approximate surface area is 162 Å². The van der Waals surface area contributed by atoms with Crippen LogP contribution >= 0.6 is 11.3 Å². The van der Waals surface area contributed by atoms with Crippen molar-refractivity contribution >= 4 is 28.3 Å². The number of carbonyl (C=O) groups excluding carboxylic acids is 2. The summed E-state index contributed by atoms with van der Waals surface area (Å²) in [7, 11) is 0. The first kappa shape index (κ1) is 18.8. The van der Waals surface area contributed by atoms with E-state index in [1.807, 2.05) is 61.7 Å². The predicted molar refractivity (Wildman–Crippen MR) is 107 cm³/mol. The molecule has 3 rings (SSSR count). The Bertz CT molecular complexity index is 967. The van der Waals surface area contributed by atoms with Crippen molar-refractivity contribution in [1.29, 1.82) is 0 Å². The minimum absolute atomic E-state index is 0.414. The average molecular weight is 380 g/mol. The molecule has 1 heterocycles. The summed E-state index contributed by atoms with van der Waals surface area (Å²) >= 11 is 1.33. The van der Waals surface area contributed by atoms with Crippen LogP contribution in [0.1, 0.15) is 28.4 Å². The third-order valence-electron chi connectivity index (χ3n) is 4.07. The second-order valence-corrected chi connectivity index (χ2v) is 7.12. The molecule has 3 aromatic rings. The van der Waals surface area contributed by atoms with Crippen LogP contribution in [0.15, 0.2) is 53.9 Å². The maximum absolute atomic E-state index is 12.4. The SMILES string of the molecule is Cc1ccc(C)c(C(=O)O[C@H](C)C(=O)Nc2nc(-c3ccccc3)cs2)c1. The van der Waals surface area contributed by atoms with Gasteiger partial charge in [-0.2, -0.15) is 0 Å². The van der Waals surface area contributed by atoms with Crippen LogP contribution in [0.3, 0.4) is 0 Å². The van der Waals surface area contributed by atoms with E-state index in [1.54, 1.807) is 13.0 Å². The lowest BCUT2D eigenvalue weighted by atomic mass is 10.1. The highest BCUT2D eigenvalue weighted by Gasteiger charge is 2.21. The van der Waals surface area contributed by atoms with E-state index in [-0.39, 0.29) is 0 Å². The molecule has 1 N–H and O–H groups in total. The Kier molecular flexibility index (Phi) is 5.66. The van der Waals surface area contributed by atoms with Crippen LogP contribution < -0.4 is 5.32 Å². The number of thiazole rings is 1. The van der Waals surface area contributed by atoms with Gasteiger partial charge in [-0.05, 0) is 32.4 Å². The number of esters is 1. The summed E-state index contributed by atoms with van der Waals surface area (Å²) in [5.41, 5.74) is 4.00. The van der Waals surface area contributed by atoms with Gasteiger partial charge in [-0.15, -0.1) is 11.3 Å². The molecule has 2 aromatic carbocycles. The number of benzene rings is 2. The van der Waals surface area contributed by atoms with Gasteiger partial charge in [0.1, 0.15) is 0 Å². The molecule has 6 heteroatoms. The minimum Gasteiger partial charge on any atom is -0.449 e. The summed E-state index contributed by atoms with van der Waals surface area (Å²) < 4.78 is 5.32. The second kappa shape index (κ2) is 8.14. The number of aryl methyl sites for hydroxylation is 2. The van der Waals surface area contributed by atoms with E-state index in [9.17, 15) is 9.59 Å². The standard InChI is InChI=1S/C21H20N2O3S/c1-13-9-10-14(2)17(11-13)20(25)26-15(3)19(24)23-21-22-18(12-27-21)16-7-5-4-6-8-16/h4-12,15H,1-3H3,(H,22,23,24)/t15-/m1/s1. The Hall–Kier alpha value is -2.99. The summed E-state index contributed by atoms with van der Waals surface area (Å²) in [6.07, 6.45) is -0.929. The summed E-state index contributed by atoms with van der Waals surface area (Å²) in [4.78, 5) is 29.1. The van der Waals surface area contributed by atoms with E-state index in [2.05, 4.69) is 10.3 Å². The van der Waals surface area contributed by atoms with Crippen LogP contribution in [-0.4, -0.2) is 23.0 Å². The van der Waals surface area contributed by atoms with Crippen molar-refractivity contribution in [2.24, 2.45) is 0 Å². The maximum Gasteiger partial charge on any atom is 0.339 e. The Morgan fingerprint density at radius 3 is 2.59 bits per heavy atom. The first-order valence-corrected chi connectivity index (χ1v) is 9.42. The Morgan fingerprint density at radius 2 is 1.85 bits per heavy atom. The lowest BCUT2D eigenvalue weighted by molar-refractivity contribution is -0.123. The fourth-order valence-electron chi connectivity index (χ4n) is 2.51. The Balaban J connectivity index is 1.63. The summed E-state index contributed by atoms with van der Waals surface area (Å²) in [5.74, 6) is -0.925. The first-order valence-electron chi connectivity index (χ1n) is 8.54. The van der Waals surface area contributed by atoms with Crippen molar-refractivity contribution in [2.75, 3.05) is 5.32 Å². The molecule has 0 aliphatic rings. The minimum atomic E-state index is -0.929. The molecule has 5 nitrogen and oxygen atoms in total. The molecule has 27 heavy (non-hydrogen) atoms. The molecule has 0 fully saturated rings. The summed E-state index contributed by atoms with van der Waals surface area (Å²) in [6.45, 7) is 5.28. The molecule has 1 amide bonds. The quantitative estimate of drug-likeness (QED) is 0.656. The smallest absolute Gasteiger partial charge is 0.339 e. The molecule has 138 valence electrons. The second-order valence-electron chi connectivity index (χ2n) is 6.26. The molecule has 0 aliphatic heterocycles. The van der Waals surface area contributed by atoms with Crippen molar-refractivity contribution in [2.45, 2.75) is 26.9 Å². The third kappa shape index (κ3) is 4.60. The number of hydrogen-bond acceptors (Lipinski definition) is 5. The lowest BCUT2D eigenvalue weighted by Crippen LogP contribution is -2.30. The number of aromatic nitrogens is 1. The zero-order chi connectivity index (χ0) is 19.4. The number of amides is 1. The van der Waals surface area contributed by atoms with E-state index < -0.39 is 18.0 Å². The topological polar surface area (TPSA) is 68.3 Å². The van der Waals surface area contributed by atoms with Gasteiger partial charge in [-0.25, -0.2) is 9.78 Å². The summed E-state index contributed by atoms with van der Waals surface area (Å²) in [6, 6.07) is 15.3. The normalized spacial score (nSPS) is 11.7. The fourth-order valence-corrected chi connectivity index (χ4v) is 3.24. The highest BCUT2D eigenvalue weighted by Crippen LogP contribution is 2.24. The van der Waals surface area contributed by atoms with E-state index in [4.69, 9.17) is 4.74 Å². The number of nitrogens with zero attached hydrogens (tertiary/aromatic N) is 1. The fraction of sp³-hybridized carbons (Fsp3) is 0.190. The number of rotatable bonds is 5. The van der Waals surface area contributed by atoms with Crippen LogP contribution in [0, 0.1) is 13.8 Å². The van der Waals surface area contributed by atoms with E-state index in [1.165, 1.54) is 11.3 Å². The van der Waals surface area contributed by atoms with Gasteiger partial charge < -0.3 is 4.74 Å². The van der Waals surface area contributed by atoms with Gasteiger partial charge in [0.15, 0.2) is 11.2 Å². The van der Waals surface area contributed by atoms with Crippen LogP contribution in [0.2, 0.25) is 0 Å². The summed E-state index contributed by atoms with van der Waals surface area (Å²) in [5, 5.41) is 5.04. The van der Waals surface area contributed by atoms with Gasteiger partial charge >= 0.3 is 5.97 Å². The van der Waals surface area contributed by atoms with Crippen LogP contribution in [-0.2, 0) is 9.53 Å². The van der Waals surface area contributed by atoms with Gasteiger partial charge in [-0.1, -0.05) is 48.0 Å². The molecule has 0 saturated heterocycles. The molecule has 0 spiro atoms. The van der Waals surface area contributed by atoms with Gasteiger partial charge in [0.05, 0.1) is 11.3 Å². The lowest BCUT2D eigenvalue weighted by Gasteiger charge is -2.13. The average Bonchev–Trinajstić information content (AvgIpc) is 3.12. The molecule has 1 aromatic heterocycles. The molecule has 0 saturated carbocycles. The monoisotopic (exact) mass is 380 g/mol. The van der Waals surface area contributed by atoms with Crippen LogP contribution in [0.25, 0.3) is 11.3 Å². The number of nitrogens with one attached hydrogen (secondary N) is 1. The zero-order valence-corrected chi connectivity index (χ0v) is 16.2. The number of carbonyl (C=O) groups is 2. The molecule has 0 unspecified atom stereocenters. The molecule has 0 radical (unpaired) electrons. The highest BCUT2D eigenvalue weighted by molar-refractivity contribution is 7.14. The van der Waals surface area contributed by atoms with Crippen molar-refractivity contribution in [3.8, 4) is 11.3 Å². The molecular formula is C21H20N2O3S. The number of anilines is 1. The largest absolute Gasteiger partial charge is 0.449 e. The van der Waals surface area contributed by atoms with Gasteiger partial charge in [0, 0.05) is 10.9 Å². The molecule has 0 aliphatic carbocycles. The van der Waals surface area contributed by atoms with Crippen molar-refractivity contribution < 1.29 is 14.3 Å². The molecular weight excluding hydrogens is 360 g/mol. The van der Waals surface area contributed by atoms with Gasteiger partial charge in [0.25, 0.3) is 5.91 Å². The van der Waals surface area contributed by atoms with E-state index in [0.29, 0.717) is 10.7 Å². The van der Waals surface area contributed by atoms with Crippen molar-refractivity contribution in [3.63, 3.8) is 0 Å². The maximum atomic E-state index is 12.4. The Morgan fingerprint density at radius 1 is 1.11 bits per heavy atom. The zero-order valence-electron chi connectivity index (χ0n) is 15.4. The van der Waals surface area contributed by atoms with Crippen molar-refractivity contribution in [1.82, 2.24) is 4.98 Å². The first-order chi connectivity index (χ1) is 12.9. The highest BCUT2D eigenvalue weighted by atomic mass is 32.1. The van der Waals surface area contributed by atoms with E-state index in [0.717, 1.165) is 22.4 Å². The molecule has 1 atom stereocenters. The van der Waals surface area contributed by atoms with Crippen LogP contribution in [0.5, 0.6) is 0 Å². The molecule has 0 bridgehead atoms. The predicted octanol–water partition coefficient (Wildman–Crippen LogP) is 4.61. The third-order valence-corrected chi connectivity index (χ3v) is 4.83. The van der Waals surface area contributed by atoms with Crippen molar-refractivity contribution in [3.05, 3.63) is 70.6 Å². The number of hydrogen-bond donors (Lipinski definition) is 1.